The fourth-order valence-corrected chi connectivity index (χ4v) is 3.76. The van der Waals surface area contributed by atoms with E-state index in [1.165, 1.54) is 0 Å². The van der Waals surface area contributed by atoms with E-state index in [-0.39, 0.29) is 0 Å². The summed E-state index contributed by atoms with van der Waals surface area (Å²) in [6, 6.07) is 6.48. The zero-order chi connectivity index (χ0) is 20.4. The van der Waals surface area contributed by atoms with Crippen LogP contribution in [0.25, 0.3) is 0 Å². The molecule has 0 bridgehead atoms. The van der Waals surface area contributed by atoms with E-state index >= 15 is 0 Å². The number of hydrazine groups is 1. The maximum Gasteiger partial charge on any atom is 0.269 e. The molecule has 0 aliphatic heterocycles. The molecule has 27 heavy (non-hydrogen) atoms. The lowest BCUT2D eigenvalue weighted by Crippen LogP contribution is -2.52. The van der Waals surface area contributed by atoms with Gasteiger partial charge < -0.3 is 10.8 Å². The Balaban J connectivity index is 2.42. The molecular weight excluding hydrogens is 382 g/mol. The zero-order valence-electron chi connectivity index (χ0n) is 16.4. The van der Waals surface area contributed by atoms with Gasteiger partial charge in [-0.3, -0.25) is 20.4 Å². The van der Waals surface area contributed by atoms with Crippen molar-refractivity contribution in [3.8, 4) is 0 Å². The summed E-state index contributed by atoms with van der Waals surface area (Å²) >= 11 is 3.45. The van der Waals surface area contributed by atoms with Crippen LogP contribution in [-0.2, 0) is 4.79 Å². The van der Waals surface area contributed by atoms with Gasteiger partial charge in [0.25, 0.3) is 11.8 Å². The average molecular weight is 414 g/mol. The molecule has 8 heteroatoms. The lowest BCUT2D eigenvalue weighted by atomic mass is 10.1. The van der Waals surface area contributed by atoms with Crippen LogP contribution in [0.5, 0.6) is 0 Å². The van der Waals surface area contributed by atoms with Crippen molar-refractivity contribution in [2.24, 2.45) is 11.7 Å². The first-order chi connectivity index (χ1) is 12.7. The van der Waals surface area contributed by atoms with Crippen LogP contribution < -0.4 is 16.6 Å². The van der Waals surface area contributed by atoms with Crippen molar-refractivity contribution in [1.29, 1.82) is 0 Å². The molecule has 2 amide bonds. The Morgan fingerprint density at radius 3 is 2.30 bits per heavy atom. The predicted octanol–water partition coefficient (Wildman–Crippen LogP) is 2.42. The third kappa shape index (κ3) is 9.51. The van der Waals surface area contributed by atoms with E-state index in [0.29, 0.717) is 23.2 Å². The van der Waals surface area contributed by atoms with E-state index in [1.807, 2.05) is 12.1 Å². The van der Waals surface area contributed by atoms with Gasteiger partial charge in [-0.1, -0.05) is 27.7 Å². The van der Waals surface area contributed by atoms with Crippen molar-refractivity contribution in [2.45, 2.75) is 56.4 Å². The van der Waals surface area contributed by atoms with E-state index in [1.54, 1.807) is 35.7 Å². The van der Waals surface area contributed by atoms with Crippen molar-refractivity contribution in [3.63, 3.8) is 0 Å². The van der Waals surface area contributed by atoms with E-state index in [2.05, 4.69) is 38.5 Å². The molecule has 152 valence electrons. The second-order valence-electron chi connectivity index (χ2n) is 6.99. The Morgan fingerprint density at radius 2 is 1.74 bits per heavy atom. The molecule has 0 fully saturated rings. The summed E-state index contributed by atoms with van der Waals surface area (Å²) in [5.74, 6) is 1.20. The third-order valence-electron chi connectivity index (χ3n) is 3.58. The minimum absolute atomic E-state index is 0.427. The molecule has 1 unspecified atom stereocenters. The summed E-state index contributed by atoms with van der Waals surface area (Å²) in [6.07, 6.45) is -0.853. The van der Waals surface area contributed by atoms with Gasteiger partial charge in [-0.25, -0.2) is 0 Å². The molecule has 0 aliphatic carbocycles. The fourth-order valence-electron chi connectivity index (χ4n) is 2.02. The highest BCUT2D eigenvalue weighted by Crippen LogP contribution is 2.20. The van der Waals surface area contributed by atoms with E-state index in [9.17, 15) is 14.7 Å². The van der Waals surface area contributed by atoms with E-state index in [0.717, 1.165) is 16.4 Å². The van der Waals surface area contributed by atoms with Crippen LogP contribution in [0.3, 0.4) is 0 Å². The Morgan fingerprint density at radius 1 is 1.11 bits per heavy atom. The summed E-state index contributed by atoms with van der Waals surface area (Å²) in [5, 5.41) is 10.4. The van der Waals surface area contributed by atoms with Gasteiger partial charge in [-0.15, -0.1) is 11.8 Å². The van der Waals surface area contributed by atoms with Crippen LogP contribution in [0.15, 0.2) is 29.2 Å². The Hall–Kier alpha value is -1.22. The second kappa shape index (κ2) is 12.3. The maximum absolute atomic E-state index is 12.1. The molecule has 1 aromatic rings. The Labute approximate surface area is 170 Å². The summed E-state index contributed by atoms with van der Waals surface area (Å²) in [5.41, 5.74) is 10.8. The third-order valence-corrected chi connectivity index (χ3v) is 6.15. The molecular formula is C19H31N3O3S2. The smallest absolute Gasteiger partial charge is 0.269 e. The van der Waals surface area contributed by atoms with Crippen LogP contribution in [0.2, 0.25) is 0 Å². The second-order valence-corrected chi connectivity index (χ2v) is 9.77. The number of aliphatic hydroxyl groups is 1. The first-order valence-electron chi connectivity index (χ1n) is 9.09. The number of carbonyl (C=O) groups excluding carboxylic acids is 2. The molecule has 0 spiro atoms. The van der Waals surface area contributed by atoms with Crippen molar-refractivity contribution >= 4 is 35.3 Å². The molecule has 6 nitrogen and oxygen atoms in total. The topological polar surface area (TPSA) is 104 Å². The summed E-state index contributed by atoms with van der Waals surface area (Å²) in [7, 11) is 0. The lowest BCUT2D eigenvalue weighted by molar-refractivity contribution is -0.131. The average Bonchev–Trinajstić information content (AvgIpc) is 2.63. The number of amides is 2. The monoisotopic (exact) mass is 413 g/mol. The number of aliphatic hydroxyl groups excluding tert-OH is 1. The molecule has 2 atom stereocenters. The number of benzene rings is 1. The SMILES string of the molecule is CC(C)CSc1ccc(C(=O)NNC(=O)C(O)[C@H](N)CCSC(C)C)cc1. The van der Waals surface area contributed by atoms with Crippen molar-refractivity contribution < 1.29 is 14.7 Å². The van der Waals surface area contributed by atoms with Gasteiger partial charge in [0.2, 0.25) is 0 Å². The van der Waals surface area contributed by atoms with Crippen LogP contribution in [0.1, 0.15) is 44.5 Å². The standard InChI is InChI=1S/C19H31N3O3S2/c1-12(2)11-27-15-7-5-14(6-8-15)18(24)21-22-19(25)17(23)16(20)9-10-26-13(3)4/h5-8,12-13,16-17,23H,9-11,20H2,1-4H3,(H,21,24)(H,22,25)/t16-,17?/m1/s1. The highest BCUT2D eigenvalue weighted by Gasteiger charge is 2.23. The zero-order valence-corrected chi connectivity index (χ0v) is 18.0. The number of nitrogens with one attached hydrogen (secondary N) is 2. The highest BCUT2D eigenvalue weighted by molar-refractivity contribution is 7.99. The van der Waals surface area contributed by atoms with Crippen LogP contribution in [-0.4, -0.2) is 45.8 Å². The summed E-state index contributed by atoms with van der Waals surface area (Å²) < 4.78 is 0. The minimum atomic E-state index is -1.37. The molecule has 1 rings (SSSR count). The van der Waals surface area contributed by atoms with Crippen molar-refractivity contribution in [3.05, 3.63) is 29.8 Å². The highest BCUT2D eigenvalue weighted by atomic mass is 32.2. The minimum Gasteiger partial charge on any atom is -0.382 e. The number of thioether (sulfide) groups is 2. The Kier molecular flexibility index (Phi) is 10.8. The molecule has 0 radical (unpaired) electrons. The van der Waals surface area contributed by atoms with Gasteiger partial charge in [0.1, 0.15) is 6.10 Å². The van der Waals surface area contributed by atoms with Crippen LogP contribution in [0, 0.1) is 5.92 Å². The van der Waals surface area contributed by atoms with Crippen molar-refractivity contribution in [2.75, 3.05) is 11.5 Å². The molecule has 0 aromatic heterocycles. The van der Waals surface area contributed by atoms with Gasteiger partial charge in [-0.2, -0.15) is 11.8 Å². The van der Waals surface area contributed by atoms with Crippen LogP contribution >= 0.6 is 23.5 Å². The normalized spacial score (nSPS) is 13.5. The fraction of sp³-hybridized carbons (Fsp3) is 0.579. The molecule has 0 heterocycles. The number of hydrogen-bond acceptors (Lipinski definition) is 6. The first kappa shape index (κ1) is 23.8. The number of carbonyl (C=O) groups is 2. The van der Waals surface area contributed by atoms with Crippen LogP contribution in [0.4, 0.5) is 0 Å². The first-order valence-corrected chi connectivity index (χ1v) is 11.1. The molecule has 0 saturated carbocycles. The van der Waals surface area contributed by atoms with Gasteiger partial charge in [0.05, 0.1) is 0 Å². The number of rotatable bonds is 10. The number of hydrogen-bond donors (Lipinski definition) is 4. The largest absolute Gasteiger partial charge is 0.382 e. The molecule has 1 aromatic carbocycles. The predicted molar refractivity (Wildman–Crippen MR) is 114 cm³/mol. The van der Waals surface area contributed by atoms with Gasteiger partial charge >= 0.3 is 0 Å². The quantitative estimate of drug-likeness (QED) is 0.347. The van der Waals surface area contributed by atoms with E-state index in [4.69, 9.17) is 5.73 Å². The number of nitrogens with two attached hydrogens (primary N) is 1. The summed E-state index contributed by atoms with van der Waals surface area (Å²) in [4.78, 5) is 25.2. The Bertz CT molecular complexity index is 594. The van der Waals surface area contributed by atoms with E-state index < -0.39 is 24.0 Å². The maximum atomic E-state index is 12.1. The van der Waals surface area contributed by atoms with Crippen molar-refractivity contribution in [1.82, 2.24) is 10.9 Å². The van der Waals surface area contributed by atoms with Gasteiger partial charge in [0.15, 0.2) is 0 Å². The van der Waals surface area contributed by atoms with Gasteiger partial charge in [-0.05, 0) is 47.6 Å². The van der Waals surface area contributed by atoms with Gasteiger partial charge in [0, 0.05) is 22.3 Å². The lowest BCUT2D eigenvalue weighted by Gasteiger charge is -2.18. The molecule has 0 aliphatic rings. The molecule has 5 N–H and O–H groups in total. The molecule has 0 saturated heterocycles. The summed E-state index contributed by atoms with van der Waals surface area (Å²) in [6.45, 7) is 8.46.